The van der Waals surface area contributed by atoms with Crippen LogP contribution in [0.4, 0.5) is 13.6 Å². The Morgan fingerprint density at radius 3 is 2.63 bits per heavy atom. The highest BCUT2D eigenvalue weighted by Crippen LogP contribution is 2.09. The molecule has 1 aromatic rings. The summed E-state index contributed by atoms with van der Waals surface area (Å²) in [6, 6.07) is 2.74. The Morgan fingerprint density at radius 2 is 2.00 bits per heavy atom. The van der Waals surface area contributed by atoms with Gasteiger partial charge in [-0.3, -0.25) is 0 Å². The summed E-state index contributed by atoms with van der Waals surface area (Å²) in [5.74, 6) is -1.01. The van der Waals surface area contributed by atoms with Gasteiger partial charge >= 0.3 is 6.03 Å². The maximum Gasteiger partial charge on any atom is 0.314 e. The van der Waals surface area contributed by atoms with E-state index >= 15 is 0 Å². The van der Waals surface area contributed by atoms with E-state index in [1.54, 1.807) is 13.8 Å². The maximum atomic E-state index is 13.3. The average Bonchev–Trinajstić information content (AvgIpc) is 2.30. The van der Waals surface area contributed by atoms with Gasteiger partial charge in [0, 0.05) is 13.1 Å². The van der Waals surface area contributed by atoms with Gasteiger partial charge in [-0.05, 0) is 44.0 Å². The number of carbonyl (C=O) groups excluding carboxylic acids is 1. The normalized spacial score (nSPS) is 11.2. The second kappa shape index (κ2) is 6.47. The first-order valence-electron chi connectivity index (χ1n) is 5.96. The lowest BCUT2D eigenvalue weighted by atomic mass is 10.1. The average molecular weight is 272 g/mol. The lowest BCUT2D eigenvalue weighted by Gasteiger charge is -2.17. The number of rotatable bonds is 5. The quantitative estimate of drug-likeness (QED) is 0.762. The molecular weight excluding hydrogens is 254 g/mol. The van der Waals surface area contributed by atoms with E-state index in [0.717, 1.165) is 18.2 Å². The predicted molar refractivity (Wildman–Crippen MR) is 67.8 cm³/mol. The molecule has 4 nitrogen and oxygen atoms in total. The highest BCUT2D eigenvalue weighted by Gasteiger charge is 2.13. The molecule has 2 amide bonds. The number of hydrogen-bond acceptors (Lipinski definition) is 2. The summed E-state index contributed by atoms with van der Waals surface area (Å²) in [6.45, 7) is 3.41. The number of carbonyl (C=O) groups is 1. The van der Waals surface area contributed by atoms with Gasteiger partial charge in [0.2, 0.25) is 0 Å². The standard InChI is InChI=1S/C13H18F2N2O2/c1-13(2,19)8-17-12(18)16-6-5-9-7-10(14)3-4-11(9)15/h3-4,7,19H,5-6,8H2,1-2H3,(H2,16,17,18). The van der Waals surface area contributed by atoms with Gasteiger partial charge < -0.3 is 15.7 Å². The van der Waals surface area contributed by atoms with Crippen LogP contribution < -0.4 is 10.6 Å². The first-order valence-corrected chi connectivity index (χ1v) is 5.96. The second-order valence-corrected chi connectivity index (χ2v) is 4.91. The van der Waals surface area contributed by atoms with Crippen LogP contribution in [0.1, 0.15) is 19.4 Å². The minimum atomic E-state index is -0.994. The summed E-state index contributed by atoms with van der Waals surface area (Å²) >= 11 is 0. The fourth-order valence-corrected chi connectivity index (χ4v) is 1.40. The van der Waals surface area contributed by atoms with E-state index < -0.39 is 23.3 Å². The van der Waals surface area contributed by atoms with Crippen molar-refractivity contribution in [1.82, 2.24) is 10.6 Å². The molecule has 0 atom stereocenters. The van der Waals surface area contributed by atoms with E-state index in [0.29, 0.717) is 0 Å². The number of halogens is 2. The second-order valence-electron chi connectivity index (χ2n) is 4.91. The zero-order valence-corrected chi connectivity index (χ0v) is 11.0. The zero-order valence-electron chi connectivity index (χ0n) is 11.0. The predicted octanol–water partition coefficient (Wildman–Crippen LogP) is 1.58. The molecule has 0 saturated carbocycles. The molecule has 0 aliphatic heterocycles. The SMILES string of the molecule is CC(C)(O)CNC(=O)NCCc1cc(F)ccc1F. The number of aliphatic hydroxyl groups is 1. The van der Waals surface area contributed by atoms with Crippen LogP contribution in [0.5, 0.6) is 0 Å². The van der Waals surface area contributed by atoms with Crippen molar-refractivity contribution >= 4 is 6.03 Å². The van der Waals surface area contributed by atoms with Crippen LogP contribution in [-0.4, -0.2) is 29.8 Å². The van der Waals surface area contributed by atoms with Gasteiger partial charge in [-0.1, -0.05) is 0 Å². The lowest BCUT2D eigenvalue weighted by Crippen LogP contribution is -2.43. The summed E-state index contributed by atoms with van der Waals surface area (Å²) in [4.78, 5) is 11.3. The molecule has 6 heteroatoms. The van der Waals surface area contributed by atoms with Crippen molar-refractivity contribution in [1.29, 1.82) is 0 Å². The van der Waals surface area contributed by atoms with Crippen LogP contribution in [0.15, 0.2) is 18.2 Å². The smallest absolute Gasteiger partial charge is 0.314 e. The number of amides is 2. The number of urea groups is 1. The molecule has 106 valence electrons. The van der Waals surface area contributed by atoms with E-state index in [-0.39, 0.29) is 25.1 Å². The first-order chi connectivity index (χ1) is 8.78. The van der Waals surface area contributed by atoms with E-state index in [4.69, 9.17) is 0 Å². The molecule has 0 radical (unpaired) electrons. The van der Waals surface area contributed by atoms with Gasteiger partial charge in [0.05, 0.1) is 5.60 Å². The fraction of sp³-hybridized carbons (Fsp3) is 0.462. The molecule has 0 aliphatic carbocycles. The van der Waals surface area contributed by atoms with Crippen LogP contribution in [0.2, 0.25) is 0 Å². The summed E-state index contributed by atoms with van der Waals surface area (Å²) in [5, 5.41) is 14.4. The first kappa shape index (κ1) is 15.4. The Balaban J connectivity index is 2.34. The van der Waals surface area contributed by atoms with Crippen LogP contribution in [0, 0.1) is 11.6 Å². The third-order valence-corrected chi connectivity index (χ3v) is 2.37. The van der Waals surface area contributed by atoms with Crippen molar-refractivity contribution in [3.05, 3.63) is 35.4 Å². The molecule has 0 fully saturated rings. The van der Waals surface area contributed by atoms with Gasteiger partial charge in [0.15, 0.2) is 0 Å². The largest absolute Gasteiger partial charge is 0.389 e. The minimum absolute atomic E-state index is 0.104. The molecule has 0 unspecified atom stereocenters. The molecule has 0 saturated heterocycles. The lowest BCUT2D eigenvalue weighted by molar-refractivity contribution is 0.0819. The highest BCUT2D eigenvalue weighted by molar-refractivity contribution is 5.73. The van der Waals surface area contributed by atoms with Crippen molar-refractivity contribution in [2.45, 2.75) is 25.9 Å². The van der Waals surface area contributed by atoms with E-state index in [1.165, 1.54) is 0 Å². The Labute approximate surface area is 110 Å². The third kappa shape index (κ3) is 6.15. The minimum Gasteiger partial charge on any atom is -0.389 e. The van der Waals surface area contributed by atoms with Gasteiger partial charge in [-0.15, -0.1) is 0 Å². The Bertz CT molecular complexity index is 445. The van der Waals surface area contributed by atoms with Crippen molar-refractivity contribution in [2.75, 3.05) is 13.1 Å². The summed E-state index contributed by atoms with van der Waals surface area (Å²) in [7, 11) is 0. The van der Waals surface area contributed by atoms with Gasteiger partial charge in [0.1, 0.15) is 11.6 Å². The fourth-order valence-electron chi connectivity index (χ4n) is 1.40. The van der Waals surface area contributed by atoms with Crippen molar-refractivity contribution in [3.8, 4) is 0 Å². The van der Waals surface area contributed by atoms with E-state index in [2.05, 4.69) is 10.6 Å². The van der Waals surface area contributed by atoms with E-state index in [9.17, 15) is 18.7 Å². The molecule has 1 rings (SSSR count). The molecule has 0 spiro atoms. The molecule has 1 aromatic carbocycles. The Morgan fingerprint density at radius 1 is 1.32 bits per heavy atom. The summed E-state index contributed by atoms with van der Waals surface area (Å²) < 4.78 is 26.2. The number of nitrogens with one attached hydrogen (secondary N) is 2. The van der Waals surface area contributed by atoms with E-state index in [1.807, 2.05) is 0 Å². The van der Waals surface area contributed by atoms with Crippen molar-refractivity contribution < 1.29 is 18.7 Å². The maximum absolute atomic E-state index is 13.3. The molecule has 3 N–H and O–H groups in total. The van der Waals surface area contributed by atoms with Crippen LogP contribution in [-0.2, 0) is 6.42 Å². The van der Waals surface area contributed by atoms with Crippen LogP contribution in [0.25, 0.3) is 0 Å². The van der Waals surface area contributed by atoms with Gasteiger partial charge in [0.25, 0.3) is 0 Å². The summed E-state index contributed by atoms with van der Waals surface area (Å²) in [5.41, 5.74) is -0.783. The van der Waals surface area contributed by atoms with Crippen LogP contribution >= 0.6 is 0 Å². The number of hydrogen-bond donors (Lipinski definition) is 3. The molecule has 0 bridgehead atoms. The molecule has 0 heterocycles. The highest BCUT2D eigenvalue weighted by atomic mass is 19.1. The molecule has 0 aromatic heterocycles. The van der Waals surface area contributed by atoms with Gasteiger partial charge in [-0.2, -0.15) is 0 Å². The van der Waals surface area contributed by atoms with Crippen molar-refractivity contribution in [2.24, 2.45) is 0 Å². The summed E-state index contributed by atoms with van der Waals surface area (Å²) in [6.07, 6.45) is 0.194. The third-order valence-electron chi connectivity index (χ3n) is 2.37. The van der Waals surface area contributed by atoms with Crippen LogP contribution in [0.3, 0.4) is 0 Å². The zero-order chi connectivity index (χ0) is 14.5. The molecule has 0 aliphatic rings. The molecule has 19 heavy (non-hydrogen) atoms. The monoisotopic (exact) mass is 272 g/mol. The van der Waals surface area contributed by atoms with Gasteiger partial charge in [-0.25, -0.2) is 13.6 Å². The Kier molecular flexibility index (Phi) is 5.23. The molecular formula is C13H18F2N2O2. The number of benzene rings is 1. The Hall–Kier alpha value is -1.69. The topological polar surface area (TPSA) is 61.4 Å². The van der Waals surface area contributed by atoms with Crippen molar-refractivity contribution in [3.63, 3.8) is 0 Å².